The summed E-state index contributed by atoms with van der Waals surface area (Å²) < 4.78 is 43.0. The Morgan fingerprint density at radius 1 is 1.13 bits per heavy atom. The summed E-state index contributed by atoms with van der Waals surface area (Å²) in [6.07, 6.45) is 3.31. The van der Waals surface area contributed by atoms with Crippen LogP contribution in [0.1, 0.15) is 50.5 Å². The van der Waals surface area contributed by atoms with E-state index in [1.807, 2.05) is 0 Å². The Morgan fingerprint density at radius 3 is 2.43 bits per heavy atom. The molecule has 1 N–H and O–H groups in total. The lowest BCUT2D eigenvalue weighted by atomic mass is 9.97. The Kier molecular flexibility index (Phi) is 6.30. The number of nitrogens with one attached hydrogen (secondary N) is 1. The lowest BCUT2D eigenvalue weighted by Gasteiger charge is -2.21. The van der Waals surface area contributed by atoms with Crippen molar-refractivity contribution in [3.63, 3.8) is 0 Å². The molecule has 0 radical (unpaired) electrons. The first-order chi connectivity index (χ1) is 10.9. The first kappa shape index (κ1) is 17.6. The molecule has 1 saturated carbocycles. The Balaban J connectivity index is 1.82. The van der Waals surface area contributed by atoms with Crippen LogP contribution >= 0.6 is 0 Å². The highest BCUT2D eigenvalue weighted by molar-refractivity contribution is 5.77. The molecule has 0 unspecified atom stereocenters. The number of carbonyl (C=O) groups is 1. The molecule has 0 aromatic heterocycles. The fourth-order valence-corrected chi connectivity index (χ4v) is 2.78. The van der Waals surface area contributed by atoms with Gasteiger partial charge in [-0.25, -0.2) is 0 Å². The van der Waals surface area contributed by atoms with Gasteiger partial charge in [-0.05, 0) is 31.0 Å². The number of rotatable bonds is 4. The molecule has 0 saturated heterocycles. The van der Waals surface area contributed by atoms with Crippen molar-refractivity contribution in [1.82, 2.24) is 5.32 Å². The predicted octanol–water partition coefficient (Wildman–Crippen LogP) is 4.31. The predicted molar refractivity (Wildman–Crippen MR) is 81.2 cm³/mol. The monoisotopic (exact) mass is 329 g/mol. The molecule has 23 heavy (non-hydrogen) atoms. The SMILES string of the molecule is O=C(COc1cccc(C(F)(F)F)c1)NC1CCCCCCC1. The number of carbonyl (C=O) groups excluding carboxylic acids is 1. The molecule has 128 valence electrons. The van der Waals surface area contributed by atoms with Crippen LogP contribution in [0.5, 0.6) is 5.75 Å². The lowest BCUT2D eigenvalue weighted by molar-refractivity contribution is -0.137. The molecule has 0 spiro atoms. The quantitative estimate of drug-likeness (QED) is 0.894. The minimum Gasteiger partial charge on any atom is -0.484 e. The summed E-state index contributed by atoms with van der Waals surface area (Å²) >= 11 is 0. The van der Waals surface area contributed by atoms with Crippen LogP contribution in [0.4, 0.5) is 13.2 Å². The molecule has 6 heteroatoms. The van der Waals surface area contributed by atoms with E-state index in [2.05, 4.69) is 5.32 Å². The zero-order valence-electron chi connectivity index (χ0n) is 13.0. The second kappa shape index (κ2) is 8.22. The average molecular weight is 329 g/mol. The van der Waals surface area contributed by atoms with Crippen molar-refractivity contribution >= 4 is 5.91 Å². The van der Waals surface area contributed by atoms with Crippen molar-refractivity contribution in [3.8, 4) is 5.75 Å². The summed E-state index contributed by atoms with van der Waals surface area (Å²) in [5.74, 6) is -0.236. The Labute approximate surface area is 134 Å². The Bertz CT molecular complexity index is 509. The van der Waals surface area contributed by atoms with Crippen LogP contribution in [-0.2, 0) is 11.0 Å². The molecule has 3 nitrogen and oxygen atoms in total. The van der Waals surface area contributed by atoms with E-state index in [0.717, 1.165) is 37.8 Å². The van der Waals surface area contributed by atoms with E-state index in [0.29, 0.717) is 0 Å². The highest BCUT2D eigenvalue weighted by atomic mass is 19.4. The van der Waals surface area contributed by atoms with E-state index in [1.165, 1.54) is 31.4 Å². The van der Waals surface area contributed by atoms with Crippen LogP contribution in [0.2, 0.25) is 0 Å². The van der Waals surface area contributed by atoms with Gasteiger partial charge in [0.1, 0.15) is 5.75 Å². The molecule has 1 fully saturated rings. The van der Waals surface area contributed by atoms with Gasteiger partial charge >= 0.3 is 6.18 Å². The third-order valence-corrected chi connectivity index (χ3v) is 4.00. The topological polar surface area (TPSA) is 38.3 Å². The van der Waals surface area contributed by atoms with E-state index in [4.69, 9.17) is 4.74 Å². The van der Waals surface area contributed by atoms with E-state index < -0.39 is 11.7 Å². The normalized spacial score (nSPS) is 17.2. The number of benzene rings is 1. The fourth-order valence-electron chi connectivity index (χ4n) is 2.78. The zero-order chi connectivity index (χ0) is 16.7. The van der Waals surface area contributed by atoms with Crippen LogP contribution in [0.15, 0.2) is 24.3 Å². The maximum Gasteiger partial charge on any atom is 0.416 e. The molecule has 2 rings (SSSR count). The number of amides is 1. The number of hydrogen-bond acceptors (Lipinski definition) is 2. The van der Waals surface area contributed by atoms with Crippen LogP contribution in [0, 0.1) is 0 Å². The highest BCUT2D eigenvalue weighted by Gasteiger charge is 2.30. The first-order valence-corrected chi connectivity index (χ1v) is 8.04. The van der Waals surface area contributed by atoms with E-state index in [-0.39, 0.29) is 24.3 Å². The second-order valence-corrected chi connectivity index (χ2v) is 5.92. The molecule has 0 bridgehead atoms. The minimum absolute atomic E-state index is 0.0487. The second-order valence-electron chi connectivity index (χ2n) is 5.92. The Hall–Kier alpha value is -1.72. The molecule has 1 aliphatic rings. The summed E-state index contributed by atoms with van der Waals surface area (Å²) in [4.78, 5) is 11.9. The van der Waals surface area contributed by atoms with Crippen molar-refractivity contribution in [1.29, 1.82) is 0 Å². The van der Waals surface area contributed by atoms with Gasteiger partial charge in [0, 0.05) is 6.04 Å². The van der Waals surface area contributed by atoms with Gasteiger partial charge in [0.25, 0.3) is 5.91 Å². The van der Waals surface area contributed by atoms with Crippen molar-refractivity contribution in [2.24, 2.45) is 0 Å². The van der Waals surface area contributed by atoms with Gasteiger partial charge in [-0.3, -0.25) is 4.79 Å². The van der Waals surface area contributed by atoms with Gasteiger partial charge in [0.2, 0.25) is 0 Å². The third-order valence-electron chi connectivity index (χ3n) is 4.00. The molecular weight excluding hydrogens is 307 g/mol. The number of ether oxygens (including phenoxy) is 1. The minimum atomic E-state index is -4.42. The average Bonchev–Trinajstić information content (AvgIpc) is 2.47. The molecule has 0 atom stereocenters. The highest BCUT2D eigenvalue weighted by Crippen LogP contribution is 2.31. The van der Waals surface area contributed by atoms with Crippen molar-refractivity contribution in [3.05, 3.63) is 29.8 Å². The standard InChI is InChI=1S/C17H22F3NO2/c18-17(19,20)13-7-6-10-15(11-13)23-12-16(22)21-14-8-4-2-1-3-5-9-14/h6-7,10-11,14H,1-5,8-9,12H2,(H,21,22). The molecular formula is C17H22F3NO2. The fraction of sp³-hybridized carbons (Fsp3) is 0.588. The lowest BCUT2D eigenvalue weighted by Crippen LogP contribution is -2.38. The smallest absolute Gasteiger partial charge is 0.416 e. The van der Waals surface area contributed by atoms with Gasteiger partial charge in [0.15, 0.2) is 6.61 Å². The van der Waals surface area contributed by atoms with Crippen LogP contribution < -0.4 is 10.1 Å². The maximum absolute atomic E-state index is 12.6. The van der Waals surface area contributed by atoms with Crippen LogP contribution in [0.3, 0.4) is 0 Å². The number of halogens is 3. The van der Waals surface area contributed by atoms with E-state index >= 15 is 0 Å². The Morgan fingerprint density at radius 2 is 1.78 bits per heavy atom. The third kappa shape index (κ3) is 6.12. The molecule has 0 heterocycles. The van der Waals surface area contributed by atoms with Crippen molar-refractivity contribution in [2.75, 3.05) is 6.61 Å². The first-order valence-electron chi connectivity index (χ1n) is 8.04. The van der Waals surface area contributed by atoms with Gasteiger partial charge in [-0.2, -0.15) is 13.2 Å². The molecule has 1 aromatic carbocycles. The van der Waals surface area contributed by atoms with Crippen LogP contribution in [0.25, 0.3) is 0 Å². The number of alkyl halides is 3. The largest absolute Gasteiger partial charge is 0.484 e. The molecule has 0 aliphatic heterocycles. The maximum atomic E-state index is 12.6. The van der Waals surface area contributed by atoms with Crippen LogP contribution in [-0.4, -0.2) is 18.6 Å². The summed E-state index contributed by atoms with van der Waals surface area (Å²) in [5, 5.41) is 2.92. The van der Waals surface area contributed by atoms with Crippen molar-refractivity contribution < 1.29 is 22.7 Å². The van der Waals surface area contributed by atoms with Gasteiger partial charge < -0.3 is 10.1 Å². The van der Waals surface area contributed by atoms with E-state index in [9.17, 15) is 18.0 Å². The van der Waals surface area contributed by atoms with Gasteiger partial charge in [0.05, 0.1) is 5.56 Å². The summed E-state index contributed by atoms with van der Waals surface area (Å²) in [5.41, 5.74) is -0.782. The van der Waals surface area contributed by atoms with Gasteiger partial charge in [-0.15, -0.1) is 0 Å². The summed E-state index contributed by atoms with van der Waals surface area (Å²) in [6.45, 7) is -0.266. The summed E-state index contributed by atoms with van der Waals surface area (Å²) in [7, 11) is 0. The molecule has 1 amide bonds. The van der Waals surface area contributed by atoms with Gasteiger partial charge in [-0.1, -0.05) is 38.2 Å². The zero-order valence-corrected chi connectivity index (χ0v) is 13.0. The van der Waals surface area contributed by atoms with E-state index in [1.54, 1.807) is 0 Å². The number of hydrogen-bond donors (Lipinski definition) is 1. The molecule has 1 aromatic rings. The molecule has 1 aliphatic carbocycles. The van der Waals surface area contributed by atoms with Crippen molar-refractivity contribution in [2.45, 2.75) is 57.2 Å². The summed E-state index contributed by atoms with van der Waals surface area (Å²) in [6, 6.07) is 4.71.